The van der Waals surface area contributed by atoms with Gasteiger partial charge in [0.2, 0.25) is 0 Å². The molecule has 0 saturated heterocycles. The number of benzene rings is 3. The monoisotopic (exact) mass is 343 g/mol. The van der Waals surface area contributed by atoms with E-state index in [1.165, 1.54) is 24.2 Å². The first-order chi connectivity index (χ1) is 12.9. The number of rotatable bonds is 8. The summed E-state index contributed by atoms with van der Waals surface area (Å²) in [5, 5.41) is 4.31. The Morgan fingerprint density at radius 3 is 2.08 bits per heavy atom. The Kier molecular flexibility index (Phi) is 6.43. The lowest BCUT2D eigenvalue weighted by atomic mass is 10.1. The van der Waals surface area contributed by atoms with Crippen LogP contribution < -0.4 is 10.3 Å². The Labute approximate surface area is 156 Å². The van der Waals surface area contributed by atoms with Crippen molar-refractivity contribution in [1.82, 2.24) is 0 Å². The lowest BCUT2D eigenvalue weighted by Crippen LogP contribution is -2.18. The van der Waals surface area contributed by atoms with Gasteiger partial charge in [-0.3, -0.25) is 5.43 Å². The highest BCUT2D eigenvalue weighted by Crippen LogP contribution is 2.25. The summed E-state index contributed by atoms with van der Waals surface area (Å²) in [7, 11) is 0. The molecule has 132 valence electrons. The van der Waals surface area contributed by atoms with Gasteiger partial charge in [-0.05, 0) is 48.4 Å². The minimum atomic E-state index is 0.982. The summed E-state index contributed by atoms with van der Waals surface area (Å²) in [6.45, 7) is 3.24. The molecule has 0 radical (unpaired) electrons. The van der Waals surface area contributed by atoms with Crippen molar-refractivity contribution in [3.8, 4) is 0 Å². The molecule has 3 heteroatoms. The van der Waals surface area contributed by atoms with Gasteiger partial charge in [-0.25, -0.2) is 0 Å². The topological polar surface area (TPSA) is 27.6 Å². The van der Waals surface area contributed by atoms with Crippen molar-refractivity contribution in [3.63, 3.8) is 0 Å². The quantitative estimate of drug-likeness (QED) is 0.397. The molecule has 0 aliphatic carbocycles. The minimum Gasteiger partial charge on any atom is -0.341 e. The average Bonchev–Trinajstić information content (AvgIpc) is 2.71. The van der Waals surface area contributed by atoms with Gasteiger partial charge in [0.15, 0.2) is 0 Å². The Bertz CT molecular complexity index is 796. The highest BCUT2D eigenvalue weighted by Gasteiger charge is 2.08. The number of nitrogens with zero attached hydrogens (tertiary/aromatic N) is 2. The Morgan fingerprint density at radius 1 is 0.808 bits per heavy atom. The van der Waals surface area contributed by atoms with Crippen LogP contribution in [0.1, 0.15) is 25.3 Å². The van der Waals surface area contributed by atoms with Crippen molar-refractivity contribution in [2.24, 2.45) is 5.10 Å². The number of para-hydroxylation sites is 2. The number of nitrogens with one attached hydrogen (secondary N) is 1. The maximum absolute atomic E-state index is 4.31. The second-order valence-electron chi connectivity index (χ2n) is 6.17. The third-order valence-electron chi connectivity index (χ3n) is 4.19. The predicted molar refractivity (Wildman–Crippen MR) is 112 cm³/mol. The summed E-state index contributed by atoms with van der Waals surface area (Å²) in [6.07, 6.45) is 4.19. The van der Waals surface area contributed by atoms with Gasteiger partial charge in [-0.15, -0.1) is 0 Å². The fourth-order valence-electron chi connectivity index (χ4n) is 2.77. The molecule has 3 rings (SSSR count). The van der Waals surface area contributed by atoms with Crippen LogP contribution in [-0.4, -0.2) is 12.8 Å². The predicted octanol–water partition coefficient (Wildman–Crippen LogP) is 6.07. The van der Waals surface area contributed by atoms with E-state index in [0.717, 1.165) is 17.8 Å². The fraction of sp³-hybridized carbons (Fsp3) is 0.174. The Balaban J connectivity index is 1.70. The van der Waals surface area contributed by atoms with Gasteiger partial charge >= 0.3 is 0 Å². The number of hydrogen-bond acceptors (Lipinski definition) is 3. The van der Waals surface area contributed by atoms with Crippen LogP contribution in [0.15, 0.2) is 90.0 Å². The van der Waals surface area contributed by atoms with Gasteiger partial charge in [0, 0.05) is 17.9 Å². The summed E-state index contributed by atoms with van der Waals surface area (Å²) in [5.41, 5.74) is 7.53. The standard InChI is InChI=1S/C23H25N3/c1-2-3-18-26(22-12-8-5-9-13-22)23-16-14-20(15-17-23)19-24-25-21-10-6-4-7-11-21/h4-17,19,25H,2-3,18H2,1H3. The van der Waals surface area contributed by atoms with E-state index in [4.69, 9.17) is 0 Å². The summed E-state index contributed by atoms with van der Waals surface area (Å²) >= 11 is 0. The van der Waals surface area contributed by atoms with E-state index < -0.39 is 0 Å². The number of hydrazone groups is 1. The van der Waals surface area contributed by atoms with Crippen LogP contribution in [0.4, 0.5) is 17.1 Å². The molecule has 0 heterocycles. The first kappa shape index (κ1) is 17.7. The zero-order valence-corrected chi connectivity index (χ0v) is 15.2. The smallest absolute Gasteiger partial charge is 0.0561 e. The van der Waals surface area contributed by atoms with Gasteiger partial charge < -0.3 is 4.90 Å². The molecule has 3 aromatic rings. The van der Waals surface area contributed by atoms with Crippen LogP contribution in [0.5, 0.6) is 0 Å². The zero-order chi connectivity index (χ0) is 18.0. The first-order valence-corrected chi connectivity index (χ1v) is 9.13. The summed E-state index contributed by atoms with van der Waals surface area (Å²) in [5.74, 6) is 0. The largest absolute Gasteiger partial charge is 0.341 e. The highest BCUT2D eigenvalue weighted by molar-refractivity contribution is 5.81. The number of anilines is 3. The molecule has 0 spiro atoms. The lowest BCUT2D eigenvalue weighted by molar-refractivity contribution is 0.786. The molecule has 0 aromatic heterocycles. The van der Waals surface area contributed by atoms with Crippen LogP contribution in [-0.2, 0) is 0 Å². The molecule has 0 aliphatic heterocycles. The molecule has 0 amide bonds. The minimum absolute atomic E-state index is 0.982. The number of unbranched alkanes of at least 4 members (excludes halogenated alkanes) is 1. The van der Waals surface area contributed by atoms with Gasteiger partial charge in [-0.1, -0.05) is 61.9 Å². The molecule has 26 heavy (non-hydrogen) atoms. The zero-order valence-electron chi connectivity index (χ0n) is 15.2. The summed E-state index contributed by atoms with van der Waals surface area (Å²) in [4.78, 5) is 2.37. The molecular weight excluding hydrogens is 318 g/mol. The van der Waals surface area contributed by atoms with E-state index in [1.807, 2.05) is 36.5 Å². The van der Waals surface area contributed by atoms with Crippen LogP contribution in [0.2, 0.25) is 0 Å². The highest BCUT2D eigenvalue weighted by atomic mass is 15.3. The van der Waals surface area contributed by atoms with E-state index in [9.17, 15) is 0 Å². The maximum atomic E-state index is 4.31. The van der Waals surface area contributed by atoms with Crippen LogP contribution in [0, 0.1) is 0 Å². The number of hydrogen-bond donors (Lipinski definition) is 1. The second kappa shape index (κ2) is 9.42. The van der Waals surface area contributed by atoms with E-state index >= 15 is 0 Å². The van der Waals surface area contributed by atoms with Crippen molar-refractivity contribution in [3.05, 3.63) is 90.5 Å². The second-order valence-corrected chi connectivity index (χ2v) is 6.17. The van der Waals surface area contributed by atoms with Crippen molar-refractivity contribution < 1.29 is 0 Å². The lowest BCUT2D eigenvalue weighted by Gasteiger charge is -2.25. The molecule has 3 aromatic carbocycles. The molecule has 0 unspecified atom stereocenters. The average molecular weight is 343 g/mol. The maximum Gasteiger partial charge on any atom is 0.0561 e. The van der Waals surface area contributed by atoms with Gasteiger partial charge in [0.25, 0.3) is 0 Å². The van der Waals surface area contributed by atoms with Crippen LogP contribution in [0.3, 0.4) is 0 Å². The summed E-state index contributed by atoms with van der Waals surface area (Å²) in [6, 6.07) is 29.0. The van der Waals surface area contributed by atoms with Gasteiger partial charge in [-0.2, -0.15) is 5.10 Å². The molecule has 0 saturated carbocycles. The van der Waals surface area contributed by atoms with E-state index in [2.05, 4.69) is 76.9 Å². The fourth-order valence-corrected chi connectivity index (χ4v) is 2.77. The van der Waals surface area contributed by atoms with Crippen LogP contribution >= 0.6 is 0 Å². The van der Waals surface area contributed by atoms with Gasteiger partial charge in [0.05, 0.1) is 11.9 Å². The third-order valence-corrected chi connectivity index (χ3v) is 4.19. The molecule has 0 fully saturated rings. The first-order valence-electron chi connectivity index (χ1n) is 9.13. The normalized spacial score (nSPS) is 10.8. The molecule has 0 atom stereocenters. The summed E-state index contributed by atoms with van der Waals surface area (Å²) < 4.78 is 0. The van der Waals surface area contributed by atoms with Gasteiger partial charge in [0.1, 0.15) is 0 Å². The SMILES string of the molecule is CCCCN(c1ccccc1)c1ccc(C=NNc2ccccc2)cc1. The van der Waals surface area contributed by atoms with Crippen molar-refractivity contribution in [1.29, 1.82) is 0 Å². The van der Waals surface area contributed by atoms with Crippen molar-refractivity contribution >= 4 is 23.3 Å². The van der Waals surface area contributed by atoms with Crippen molar-refractivity contribution in [2.45, 2.75) is 19.8 Å². The Hall–Kier alpha value is -3.07. The molecular formula is C23H25N3. The Morgan fingerprint density at radius 2 is 1.42 bits per heavy atom. The van der Waals surface area contributed by atoms with E-state index in [0.29, 0.717) is 0 Å². The molecule has 1 N–H and O–H groups in total. The van der Waals surface area contributed by atoms with E-state index in [-0.39, 0.29) is 0 Å². The molecule has 0 aliphatic rings. The van der Waals surface area contributed by atoms with E-state index in [1.54, 1.807) is 0 Å². The molecule has 3 nitrogen and oxygen atoms in total. The molecule has 0 bridgehead atoms. The van der Waals surface area contributed by atoms with Crippen LogP contribution in [0.25, 0.3) is 0 Å². The third kappa shape index (κ3) is 4.96. The van der Waals surface area contributed by atoms with Crippen molar-refractivity contribution in [2.75, 3.05) is 16.9 Å².